The lowest BCUT2D eigenvalue weighted by atomic mass is 9.87. The molecule has 210 valence electrons. The van der Waals surface area contributed by atoms with Crippen LogP contribution in [0.5, 0.6) is 0 Å². The number of halogens is 1. The van der Waals surface area contributed by atoms with Gasteiger partial charge < -0.3 is 29.2 Å². The van der Waals surface area contributed by atoms with Crippen molar-refractivity contribution in [2.75, 3.05) is 39.6 Å². The van der Waals surface area contributed by atoms with Crippen molar-refractivity contribution in [2.24, 2.45) is 11.8 Å². The normalized spacial score (nSPS) is 24.5. The Labute approximate surface area is 231 Å². The molecule has 1 aromatic rings. The summed E-state index contributed by atoms with van der Waals surface area (Å²) in [5.41, 5.74) is 0.782. The molecule has 0 spiro atoms. The van der Waals surface area contributed by atoms with Crippen molar-refractivity contribution >= 4 is 33.7 Å². The first-order valence-electron chi connectivity index (χ1n) is 12.8. The van der Waals surface area contributed by atoms with Crippen LogP contribution in [0.3, 0.4) is 0 Å². The molecule has 2 aliphatic heterocycles. The molecule has 3 rings (SSSR count). The van der Waals surface area contributed by atoms with Crippen LogP contribution in [-0.4, -0.2) is 90.5 Å². The molecule has 11 heteroatoms. The van der Waals surface area contributed by atoms with E-state index in [0.29, 0.717) is 26.2 Å². The smallest absolute Gasteiger partial charge is 0.416 e. The number of carbonyl (C=O) groups is 3. The van der Waals surface area contributed by atoms with Gasteiger partial charge >= 0.3 is 6.09 Å². The third kappa shape index (κ3) is 7.71. The Morgan fingerprint density at radius 1 is 1.16 bits per heavy atom. The fourth-order valence-corrected chi connectivity index (χ4v) is 4.97. The number of hydrogen-bond donors (Lipinski definition) is 2. The Hall–Kier alpha value is -2.15. The maximum absolute atomic E-state index is 13.9. The van der Waals surface area contributed by atoms with E-state index in [1.54, 1.807) is 0 Å². The van der Waals surface area contributed by atoms with E-state index in [1.165, 1.54) is 6.08 Å². The quantitative estimate of drug-likeness (QED) is 0.310. The van der Waals surface area contributed by atoms with Crippen LogP contribution in [0.1, 0.15) is 32.3 Å². The summed E-state index contributed by atoms with van der Waals surface area (Å²) in [4.78, 5) is 40.7. The lowest BCUT2D eigenvalue weighted by Gasteiger charge is -2.39. The van der Waals surface area contributed by atoms with Crippen LogP contribution in [0.2, 0.25) is 0 Å². The number of benzene rings is 1. The monoisotopic (exact) mass is 597 g/mol. The molecule has 1 fully saturated rings. The highest BCUT2D eigenvalue weighted by molar-refractivity contribution is 9.11. The van der Waals surface area contributed by atoms with Crippen molar-refractivity contribution in [1.29, 1.82) is 0 Å². The van der Waals surface area contributed by atoms with E-state index >= 15 is 0 Å². The van der Waals surface area contributed by atoms with Gasteiger partial charge in [-0.3, -0.25) is 9.59 Å². The number of cyclic esters (lactones) is 1. The minimum absolute atomic E-state index is 0.0502. The van der Waals surface area contributed by atoms with Crippen molar-refractivity contribution in [2.45, 2.75) is 51.0 Å². The Kier molecular flexibility index (Phi) is 11.4. The van der Waals surface area contributed by atoms with Crippen LogP contribution in [0.15, 0.2) is 40.9 Å². The first-order chi connectivity index (χ1) is 18.2. The number of aliphatic hydroxyl groups excluding tert-OH is 1. The summed E-state index contributed by atoms with van der Waals surface area (Å²) < 4.78 is 22.0. The van der Waals surface area contributed by atoms with Gasteiger partial charge in [-0.25, -0.2) is 9.69 Å². The van der Waals surface area contributed by atoms with E-state index in [0.717, 1.165) is 10.5 Å². The lowest BCUT2D eigenvalue weighted by Crippen LogP contribution is -2.54. The van der Waals surface area contributed by atoms with Gasteiger partial charge in [0.2, 0.25) is 5.91 Å². The average molecular weight is 598 g/mol. The number of carbonyl (C=O) groups excluding carboxylic acids is 3. The van der Waals surface area contributed by atoms with Crippen LogP contribution >= 0.6 is 15.9 Å². The van der Waals surface area contributed by atoms with Gasteiger partial charge in [-0.2, -0.15) is 0 Å². The second kappa shape index (κ2) is 14.3. The zero-order chi connectivity index (χ0) is 27.7. The Morgan fingerprint density at radius 2 is 1.84 bits per heavy atom. The van der Waals surface area contributed by atoms with Gasteiger partial charge in [-0.05, 0) is 46.3 Å². The molecule has 2 amide bonds. The summed E-state index contributed by atoms with van der Waals surface area (Å²) in [6, 6.07) is 8.68. The number of amides is 2. The molecule has 38 heavy (non-hydrogen) atoms. The van der Waals surface area contributed by atoms with E-state index in [9.17, 15) is 19.5 Å². The second-order valence-corrected chi connectivity index (χ2v) is 10.5. The zero-order valence-corrected chi connectivity index (χ0v) is 23.3. The molecule has 0 radical (unpaired) electrons. The highest BCUT2D eigenvalue weighted by atomic mass is 79.9. The first-order valence-corrected chi connectivity index (χ1v) is 13.6. The molecule has 4 atom stereocenters. The summed E-state index contributed by atoms with van der Waals surface area (Å²) in [6.45, 7) is 5.00. The average Bonchev–Trinajstić information content (AvgIpc) is 3.28. The summed E-state index contributed by atoms with van der Waals surface area (Å²) in [7, 11) is 0. The second-order valence-electron chi connectivity index (χ2n) is 9.66. The van der Waals surface area contributed by atoms with Crippen LogP contribution < -0.4 is 0 Å². The lowest BCUT2D eigenvalue weighted by molar-refractivity contribution is -0.218. The third-order valence-electron chi connectivity index (χ3n) is 6.55. The Bertz CT molecular complexity index is 986. The summed E-state index contributed by atoms with van der Waals surface area (Å²) >= 11 is 3.26. The predicted molar refractivity (Wildman–Crippen MR) is 140 cm³/mol. The standard InChI is InChI=1S/C27H36BrNO9/c1-18(2)21-17-37-26(33)29(21)25(32)20(15-19-7-4-3-5-8-19)24-22(31)16-23(28)27(34,38-24)9-6-11-35-13-14-36-12-10-30/h3-5,7-8,16,18,20-21,24,30,34H,6,9-15,17H2,1-2H3. The fraction of sp³-hybridized carbons (Fsp3) is 0.593. The maximum atomic E-state index is 13.9. The number of ketones is 1. The van der Waals surface area contributed by atoms with Gasteiger partial charge in [0.1, 0.15) is 12.7 Å². The van der Waals surface area contributed by atoms with Gasteiger partial charge in [0.25, 0.3) is 0 Å². The van der Waals surface area contributed by atoms with Crippen molar-refractivity contribution in [3.8, 4) is 0 Å². The van der Waals surface area contributed by atoms with Crippen LogP contribution in [0.25, 0.3) is 0 Å². The summed E-state index contributed by atoms with van der Waals surface area (Å²) in [5.74, 6) is -4.03. The number of aliphatic hydroxyl groups is 2. The van der Waals surface area contributed by atoms with E-state index in [-0.39, 0.29) is 43.1 Å². The van der Waals surface area contributed by atoms with Crippen molar-refractivity contribution in [3.63, 3.8) is 0 Å². The number of hydrogen-bond acceptors (Lipinski definition) is 9. The van der Waals surface area contributed by atoms with Gasteiger partial charge in [0, 0.05) is 13.0 Å². The van der Waals surface area contributed by atoms with Crippen molar-refractivity contribution in [3.05, 3.63) is 46.5 Å². The number of rotatable bonds is 14. The minimum atomic E-state index is -1.85. The van der Waals surface area contributed by atoms with Crippen molar-refractivity contribution in [1.82, 2.24) is 4.90 Å². The maximum Gasteiger partial charge on any atom is 0.416 e. The molecule has 4 unspecified atom stereocenters. The topological polar surface area (TPSA) is 132 Å². The molecule has 10 nitrogen and oxygen atoms in total. The predicted octanol–water partition coefficient (Wildman–Crippen LogP) is 2.59. The molecular formula is C27H36BrNO9. The van der Waals surface area contributed by atoms with Crippen LogP contribution in [-0.2, 0) is 35.0 Å². The molecular weight excluding hydrogens is 562 g/mol. The number of nitrogens with zero attached hydrogens (tertiary/aromatic N) is 1. The Morgan fingerprint density at radius 3 is 2.50 bits per heavy atom. The van der Waals surface area contributed by atoms with E-state index in [4.69, 9.17) is 24.1 Å². The Balaban J connectivity index is 1.77. The van der Waals surface area contributed by atoms with E-state index in [1.807, 2.05) is 44.2 Å². The number of ether oxygens (including phenoxy) is 4. The molecule has 0 aromatic heterocycles. The molecule has 0 aliphatic carbocycles. The highest BCUT2D eigenvalue weighted by Gasteiger charge is 2.50. The summed E-state index contributed by atoms with van der Waals surface area (Å²) in [5, 5.41) is 20.1. The van der Waals surface area contributed by atoms with Gasteiger partial charge in [-0.1, -0.05) is 44.2 Å². The molecule has 0 saturated carbocycles. The SMILES string of the molecule is CC(C)C1COC(=O)N1C(=O)C(Cc1ccccc1)C1OC(O)(CCCOCCOCCO)C(Br)=CC1=O. The fourth-order valence-electron chi connectivity index (χ4n) is 4.45. The molecule has 2 heterocycles. The van der Waals surface area contributed by atoms with Crippen LogP contribution in [0.4, 0.5) is 4.79 Å². The molecule has 0 bridgehead atoms. The van der Waals surface area contributed by atoms with Crippen LogP contribution in [0, 0.1) is 11.8 Å². The number of imide groups is 1. The highest BCUT2D eigenvalue weighted by Crippen LogP contribution is 2.38. The zero-order valence-electron chi connectivity index (χ0n) is 21.7. The van der Waals surface area contributed by atoms with Crippen molar-refractivity contribution < 1.29 is 43.5 Å². The first kappa shape index (κ1) is 30.4. The third-order valence-corrected chi connectivity index (χ3v) is 7.40. The summed E-state index contributed by atoms with van der Waals surface area (Å²) in [6.07, 6.45) is -0.206. The van der Waals surface area contributed by atoms with Gasteiger partial charge in [0.05, 0.1) is 42.9 Å². The van der Waals surface area contributed by atoms with Gasteiger partial charge in [-0.15, -0.1) is 0 Å². The molecule has 1 saturated heterocycles. The van der Waals surface area contributed by atoms with E-state index in [2.05, 4.69) is 15.9 Å². The van der Waals surface area contributed by atoms with Gasteiger partial charge in [0.15, 0.2) is 11.6 Å². The molecule has 2 aliphatic rings. The van der Waals surface area contributed by atoms with E-state index < -0.39 is 41.6 Å². The largest absolute Gasteiger partial charge is 0.447 e. The minimum Gasteiger partial charge on any atom is -0.447 e. The molecule has 1 aromatic carbocycles. The molecule has 2 N–H and O–H groups in total.